The average Bonchev–Trinajstić information content (AvgIpc) is 2.94. The number of para-hydroxylation sites is 1. The third kappa shape index (κ3) is 1.57. The number of nitrogens with one attached hydrogen (secondary N) is 1. The number of hydrogen-bond donors (Lipinski definition) is 1. The molecule has 6 rings (SSSR count). The third-order valence-corrected chi connectivity index (χ3v) is 5.95. The minimum Gasteiger partial charge on any atom is -0.468 e. The average molecular weight is 308 g/mol. The zero-order valence-corrected chi connectivity index (χ0v) is 13.2. The second-order valence-electron chi connectivity index (χ2n) is 7.03. The monoisotopic (exact) mass is 308 g/mol. The van der Waals surface area contributed by atoms with E-state index in [1.807, 2.05) is 6.07 Å². The van der Waals surface area contributed by atoms with E-state index in [-0.39, 0.29) is 12.0 Å². The van der Waals surface area contributed by atoms with E-state index in [4.69, 9.17) is 4.74 Å². The van der Waals surface area contributed by atoms with Gasteiger partial charge in [0.2, 0.25) is 0 Å². The maximum absolute atomic E-state index is 13.0. The van der Waals surface area contributed by atoms with E-state index in [2.05, 4.69) is 40.2 Å². The summed E-state index contributed by atoms with van der Waals surface area (Å²) in [6.07, 6.45) is 6.35. The molecule has 0 spiro atoms. The minimum absolute atomic E-state index is 0.0885. The van der Waals surface area contributed by atoms with Crippen LogP contribution in [0.5, 0.6) is 0 Å². The molecule has 1 saturated heterocycles. The number of aromatic nitrogens is 1. The molecule has 4 atom stereocenters. The Hall–Kier alpha value is -2.07. The van der Waals surface area contributed by atoms with Gasteiger partial charge in [0.1, 0.15) is 5.41 Å². The lowest BCUT2D eigenvalue weighted by molar-refractivity contribution is -0.153. The van der Waals surface area contributed by atoms with Gasteiger partial charge in [-0.15, -0.1) is 0 Å². The molecule has 1 N–H and O–H groups in total. The normalized spacial score (nSPS) is 34.2. The van der Waals surface area contributed by atoms with Gasteiger partial charge in [0.15, 0.2) is 0 Å². The summed E-state index contributed by atoms with van der Waals surface area (Å²) in [5.41, 5.74) is 2.94. The van der Waals surface area contributed by atoms with Crippen molar-refractivity contribution in [3.63, 3.8) is 0 Å². The Morgan fingerprint density at radius 2 is 2.22 bits per heavy atom. The van der Waals surface area contributed by atoms with Gasteiger partial charge < -0.3 is 9.72 Å². The minimum atomic E-state index is -0.572. The van der Waals surface area contributed by atoms with E-state index in [9.17, 15) is 4.79 Å². The highest BCUT2D eigenvalue weighted by molar-refractivity contribution is 5.95. The van der Waals surface area contributed by atoms with Crippen LogP contribution in [-0.4, -0.2) is 42.1 Å². The van der Waals surface area contributed by atoms with Crippen molar-refractivity contribution in [3.05, 3.63) is 47.7 Å². The van der Waals surface area contributed by atoms with Crippen LogP contribution < -0.4 is 0 Å². The number of nitrogens with zero attached hydrogens (tertiary/aromatic N) is 1. The lowest BCUT2D eigenvalue weighted by atomic mass is 9.62. The van der Waals surface area contributed by atoms with Crippen molar-refractivity contribution >= 4 is 16.9 Å². The topological polar surface area (TPSA) is 45.3 Å². The predicted molar refractivity (Wildman–Crippen MR) is 88.3 cm³/mol. The van der Waals surface area contributed by atoms with Crippen molar-refractivity contribution in [1.82, 2.24) is 9.88 Å². The SMILES string of the molecule is COC(=O)[C@]12C[C@@H]3C=C[C@H]1N(CCc1[nH]c4ccccc4c12)C3. The molecule has 1 unspecified atom stereocenters. The molecule has 23 heavy (non-hydrogen) atoms. The Balaban J connectivity index is 1.86. The zero-order chi connectivity index (χ0) is 15.6. The molecule has 1 aliphatic carbocycles. The number of benzene rings is 1. The highest BCUT2D eigenvalue weighted by Gasteiger charge is 2.58. The number of aromatic amines is 1. The molecule has 4 heterocycles. The first-order chi connectivity index (χ1) is 11.2. The van der Waals surface area contributed by atoms with Crippen molar-refractivity contribution in [2.45, 2.75) is 24.3 Å². The number of rotatable bonds is 1. The summed E-state index contributed by atoms with van der Waals surface area (Å²) in [7, 11) is 1.52. The fourth-order valence-electron chi connectivity index (χ4n) is 5.12. The Labute approximate surface area is 135 Å². The fourth-order valence-corrected chi connectivity index (χ4v) is 5.12. The van der Waals surface area contributed by atoms with Gasteiger partial charge in [0.05, 0.1) is 7.11 Å². The molecular weight excluding hydrogens is 288 g/mol. The van der Waals surface area contributed by atoms with Crippen LogP contribution >= 0.6 is 0 Å². The predicted octanol–water partition coefficient (Wildman–Crippen LogP) is 2.40. The van der Waals surface area contributed by atoms with Crippen molar-refractivity contribution in [3.8, 4) is 0 Å². The highest BCUT2D eigenvalue weighted by atomic mass is 16.5. The molecule has 1 aromatic heterocycles. The first kappa shape index (κ1) is 13.4. The van der Waals surface area contributed by atoms with Gasteiger partial charge >= 0.3 is 5.97 Å². The Morgan fingerprint density at radius 3 is 3.04 bits per heavy atom. The second kappa shape index (κ2) is 4.48. The summed E-state index contributed by atoms with van der Waals surface area (Å²) < 4.78 is 5.34. The van der Waals surface area contributed by atoms with Crippen molar-refractivity contribution in [1.29, 1.82) is 0 Å². The van der Waals surface area contributed by atoms with Gasteiger partial charge in [0.25, 0.3) is 0 Å². The first-order valence-electron chi connectivity index (χ1n) is 8.35. The smallest absolute Gasteiger partial charge is 0.318 e. The van der Waals surface area contributed by atoms with Gasteiger partial charge in [-0.05, 0) is 24.0 Å². The number of ether oxygens (including phenoxy) is 1. The van der Waals surface area contributed by atoms with Crippen LogP contribution in [0.1, 0.15) is 17.7 Å². The number of methoxy groups -OCH3 is 1. The molecule has 2 aromatic rings. The van der Waals surface area contributed by atoms with E-state index < -0.39 is 5.41 Å². The number of carbonyl (C=O) groups is 1. The summed E-state index contributed by atoms with van der Waals surface area (Å²) in [4.78, 5) is 19.1. The Kier molecular flexibility index (Phi) is 2.61. The molecule has 4 heteroatoms. The molecule has 0 saturated carbocycles. The maximum Gasteiger partial charge on any atom is 0.318 e. The van der Waals surface area contributed by atoms with E-state index >= 15 is 0 Å². The van der Waals surface area contributed by atoms with Gasteiger partial charge in [-0.3, -0.25) is 9.69 Å². The van der Waals surface area contributed by atoms with Gasteiger partial charge in [-0.2, -0.15) is 0 Å². The van der Waals surface area contributed by atoms with E-state index in [1.165, 1.54) is 23.8 Å². The molecule has 4 nitrogen and oxygen atoms in total. The standard InChI is InChI=1S/C19H20N2O2/c1-23-18(22)19-10-12-6-7-16(19)21(11-12)9-8-15-17(19)13-4-2-3-5-14(13)20-15/h2-7,12,16,20H,8-11H2,1H3/t12-,16+,19+/m0/s1. The number of hydrogen-bond acceptors (Lipinski definition) is 3. The summed E-state index contributed by atoms with van der Waals surface area (Å²) in [6, 6.07) is 8.45. The molecular formula is C19H20N2O2. The lowest BCUT2D eigenvalue weighted by Crippen LogP contribution is -2.61. The van der Waals surface area contributed by atoms with Crippen LogP contribution in [0.4, 0.5) is 0 Å². The molecule has 0 amide bonds. The third-order valence-electron chi connectivity index (χ3n) is 5.95. The zero-order valence-electron chi connectivity index (χ0n) is 13.2. The molecule has 1 aromatic carbocycles. The van der Waals surface area contributed by atoms with E-state index in [0.29, 0.717) is 5.92 Å². The van der Waals surface area contributed by atoms with Gasteiger partial charge in [-0.1, -0.05) is 30.4 Å². The summed E-state index contributed by atoms with van der Waals surface area (Å²) in [6.45, 7) is 2.05. The number of esters is 1. The molecule has 3 aliphatic heterocycles. The summed E-state index contributed by atoms with van der Waals surface area (Å²) in [5.74, 6) is 0.341. The van der Waals surface area contributed by atoms with E-state index in [1.54, 1.807) is 0 Å². The van der Waals surface area contributed by atoms with Gasteiger partial charge in [0, 0.05) is 42.1 Å². The molecule has 118 valence electrons. The van der Waals surface area contributed by atoms with Crippen LogP contribution in [-0.2, 0) is 21.4 Å². The Bertz CT molecular complexity index is 837. The van der Waals surface area contributed by atoms with Crippen LogP contribution in [0.2, 0.25) is 0 Å². The van der Waals surface area contributed by atoms with Gasteiger partial charge in [-0.25, -0.2) is 0 Å². The van der Waals surface area contributed by atoms with Crippen molar-refractivity contribution in [2.24, 2.45) is 5.92 Å². The quantitative estimate of drug-likeness (QED) is 0.650. The summed E-state index contributed by atoms with van der Waals surface area (Å²) >= 11 is 0. The van der Waals surface area contributed by atoms with Crippen LogP contribution in [0.15, 0.2) is 36.4 Å². The molecule has 1 fully saturated rings. The molecule has 4 bridgehead atoms. The number of piperidine rings is 1. The largest absolute Gasteiger partial charge is 0.468 e. The number of carbonyl (C=O) groups excluding carboxylic acids is 1. The molecule has 4 aliphatic rings. The number of fused-ring (bicyclic) bond motifs is 3. The fraction of sp³-hybridized carbons (Fsp3) is 0.421. The first-order valence-corrected chi connectivity index (χ1v) is 8.35. The van der Waals surface area contributed by atoms with Crippen LogP contribution in [0.25, 0.3) is 10.9 Å². The lowest BCUT2D eigenvalue weighted by Gasteiger charge is -2.51. The number of H-pyrrole nitrogens is 1. The second-order valence-corrected chi connectivity index (χ2v) is 7.03. The van der Waals surface area contributed by atoms with Crippen LogP contribution in [0.3, 0.4) is 0 Å². The van der Waals surface area contributed by atoms with E-state index in [0.717, 1.165) is 31.4 Å². The van der Waals surface area contributed by atoms with Crippen LogP contribution in [0, 0.1) is 5.92 Å². The maximum atomic E-state index is 13.0. The molecule has 0 radical (unpaired) electrons. The highest BCUT2D eigenvalue weighted by Crippen LogP contribution is 2.51. The van der Waals surface area contributed by atoms with Crippen molar-refractivity contribution < 1.29 is 9.53 Å². The summed E-state index contributed by atoms with van der Waals surface area (Å²) in [5, 5.41) is 1.18. The van der Waals surface area contributed by atoms with Crippen molar-refractivity contribution in [2.75, 3.05) is 20.2 Å². The Morgan fingerprint density at radius 1 is 1.35 bits per heavy atom.